The molecule has 1 saturated carbocycles. The number of nitrogens with zero attached hydrogens (tertiary/aromatic N) is 3. The fourth-order valence-corrected chi connectivity index (χ4v) is 2.82. The minimum Gasteiger partial charge on any atom is -0.391 e. The minimum absolute atomic E-state index is 0.187. The topological polar surface area (TPSA) is 58.4 Å². The number of aliphatic hydroxyl groups excluding tert-OH is 1. The van der Waals surface area contributed by atoms with E-state index < -0.39 is 6.10 Å². The number of benzene rings is 1. The largest absolute Gasteiger partial charge is 0.391 e. The first-order valence-electron chi connectivity index (χ1n) is 7.72. The van der Waals surface area contributed by atoms with Crippen molar-refractivity contribution in [1.82, 2.24) is 14.7 Å². The molecule has 1 aromatic carbocycles. The first-order valence-corrected chi connectivity index (χ1v) is 8.09. The quantitative estimate of drug-likeness (QED) is 0.915. The fourth-order valence-electron chi connectivity index (χ4n) is 2.64. The third-order valence-electron chi connectivity index (χ3n) is 4.13. The lowest BCUT2D eigenvalue weighted by Gasteiger charge is -2.19. The molecule has 1 aliphatic carbocycles. The Bertz CT molecular complexity index is 724. The predicted molar refractivity (Wildman–Crippen MR) is 89.0 cm³/mol. The van der Waals surface area contributed by atoms with E-state index in [9.17, 15) is 9.90 Å². The molecule has 1 amide bonds. The highest BCUT2D eigenvalue weighted by Crippen LogP contribution is 2.32. The molecule has 0 aliphatic heterocycles. The van der Waals surface area contributed by atoms with E-state index >= 15 is 0 Å². The number of aromatic nitrogens is 2. The summed E-state index contributed by atoms with van der Waals surface area (Å²) in [6, 6.07) is 9.09. The van der Waals surface area contributed by atoms with Gasteiger partial charge in [0.1, 0.15) is 0 Å². The van der Waals surface area contributed by atoms with E-state index in [1.165, 1.54) is 4.90 Å². The van der Waals surface area contributed by atoms with Gasteiger partial charge in [0, 0.05) is 24.3 Å². The summed E-state index contributed by atoms with van der Waals surface area (Å²) in [5.74, 6) is 0.157. The second kappa shape index (κ2) is 6.34. The standard InChI is InChI=1S/C17H20ClN3O2/c1-11-8-15(17(23)20(2)10-16(22)12-6-7-12)19-21(11)14-5-3-4-13(18)9-14/h3-5,8-9,12,16,22H,6-7,10H2,1-2H3. The number of rotatable bonds is 5. The number of amides is 1. The Morgan fingerprint density at radius 1 is 1.48 bits per heavy atom. The van der Waals surface area contributed by atoms with Crippen molar-refractivity contribution in [3.8, 4) is 5.69 Å². The molecule has 0 spiro atoms. The van der Waals surface area contributed by atoms with Gasteiger partial charge in [0.2, 0.25) is 0 Å². The van der Waals surface area contributed by atoms with Crippen molar-refractivity contribution >= 4 is 17.5 Å². The molecular weight excluding hydrogens is 314 g/mol. The van der Waals surface area contributed by atoms with Crippen LogP contribution >= 0.6 is 11.6 Å². The zero-order valence-corrected chi connectivity index (χ0v) is 14.0. The lowest BCUT2D eigenvalue weighted by molar-refractivity contribution is 0.0640. The van der Waals surface area contributed by atoms with E-state index in [0.717, 1.165) is 24.2 Å². The molecule has 0 bridgehead atoms. The van der Waals surface area contributed by atoms with E-state index in [2.05, 4.69) is 5.10 Å². The highest BCUT2D eigenvalue weighted by molar-refractivity contribution is 6.30. The van der Waals surface area contributed by atoms with Crippen LogP contribution in [0.2, 0.25) is 5.02 Å². The second-order valence-electron chi connectivity index (χ2n) is 6.15. The zero-order chi connectivity index (χ0) is 16.6. The fraction of sp³-hybridized carbons (Fsp3) is 0.412. The minimum atomic E-state index is -0.444. The molecule has 0 saturated heterocycles. The van der Waals surface area contributed by atoms with Crippen molar-refractivity contribution in [1.29, 1.82) is 0 Å². The molecule has 6 heteroatoms. The Hall–Kier alpha value is -1.85. The van der Waals surface area contributed by atoms with Gasteiger partial charge in [-0.2, -0.15) is 5.10 Å². The second-order valence-corrected chi connectivity index (χ2v) is 6.59. The monoisotopic (exact) mass is 333 g/mol. The molecule has 1 unspecified atom stereocenters. The Kier molecular flexibility index (Phi) is 4.41. The Labute approximate surface area is 140 Å². The summed E-state index contributed by atoms with van der Waals surface area (Å²) in [4.78, 5) is 14.0. The van der Waals surface area contributed by atoms with Gasteiger partial charge in [-0.15, -0.1) is 0 Å². The van der Waals surface area contributed by atoms with Crippen molar-refractivity contribution in [3.63, 3.8) is 0 Å². The molecule has 5 nitrogen and oxygen atoms in total. The number of carbonyl (C=O) groups is 1. The van der Waals surface area contributed by atoms with E-state index in [0.29, 0.717) is 23.2 Å². The van der Waals surface area contributed by atoms with Crippen molar-refractivity contribution in [2.45, 2.75) is 25.9 Å². The van der Waals surface area contributed by atoms with E-state index in [1.807, 2.05) is 19.1 Å². The van der Waals surface area contributed by atoms with Crippen molar-refractivity contribution in [2.24, 2.45) is 5.92 Å². The molecule has 0 radical (unpaired) electrons. The average molecular weight is 334 g/mol. The molecule has 1 fully saturated rings. The van der Waals surface area contributed by atoms with E-state index in [4.69, 9.17) is 11.6 Å². The van der Waals surface area contributed by atoms with Gasteiger partial charge in [0.15, 0.2) is 5.69 Å². The number of carbonyl (C=O) groups excluding carboxylic acids is 1. The van der Waals surface area contributed by atoms with Crippen LogP contribution in [0, 0.1) is 12.8 Å². The van der Waals surface area contributed by atoms with Crippen LogP contribution in [-0.2, 0) is 0 Å². The molecule has 1 aromatic heterocycles. The maximum absolute atomic E-state index is 12.5. The molecule has 1 heterocycles. The van der Waals surface area contributed by atoms with E-state index in [1.54, 1.807) is 29.9 Å². The molecule has 1 atom stereocenters. The summed E-state index contributed by atoms with van der Waals surface area (Å²) in [6.45, 7) is 2.23. The third kappa shape index (κ3) is 3.57. The van der Waals surface area contributed by atoms with Gasteiger partial charge in [0.25, 0.3) is 5.91 Å². The number of hydrogen-bond acceptors (Lipinski definition) is 3. The number of hydrogen-bond donors (Lipinski definition) is 1. The number of likely N-dealkylation sites (N-methyl/N-ethyl adjacent to an activating group) is 1. The van der Waals surface area contributed by atoms with Gasteiger partial charge in [-0.25, -0.2) is 4.68 Å². The molecule has 1 aliphatic rings. The first kappa shape index (κ1) is 16.0. The zero-order valence-electron chi connectivity index (χ0n) is 13.2. The van der Waals surface area contributed by atoms with Crippen molar-refractivity contribution in [2.75, 3.05) is 13.6 Å². The summed E-state index contributed by atoms with van der Waals surface area (Å²) in [7, 11) is 1.70. The van der Waals surface area contributed by atoms with Crippen LogP contribution in [0.4, 0.5) is 0 Å². The van der Waals surface area contributed by atoms with Crippen LogP contribution < -0.4 is 0 Å². The normalized spacial score (nSPS) is 15.5. The van der Waals surface area contributed by atoms with Gasteiger partial charge >= 0.3 is 0 Å². The highest BCUT2D eigenvalue weighted by atomic mass is 35.5. The number of aliphatic hydroxyl groups is 1. The lowest BCUT2D eigenvalue weighted by Crippen LogP contribution is -2.35. The Morgan fingerprint density at radius 3 is 2.87 bits per heavy atom. The number of halogens is 1. The van der Waals surface area contributed by atoms with Crippen LogP contribution in [-0.4, -0.2) is 45.4 Å². The molecule has 122 valence electrons. The summed E-state index contributed by atoms with van der Waals surface area (Å²) in [5.41, 5.74) is 2.04. The van der Waals surface area contributed by atoms with Crippen LogP contribution in [0.15, 0.2) is 30.3 Å². The van der Waals surface area contributed by atoms with Crippen LogP contribution in [0.25, 0.3) is 5.69 Å². The summed E-state index contributed by atoms with van der Waals surface area (Å²) in [5, 5.41) is 15.0. The number of aryl methyl sites for hydroxylation is 1. The van der Waals surface area contributed by atoms with Gasteiger partial charge in [-0.3, -0.25) is 4.79 Å². The van der Waals surface area contributed by atoms with Crippen LogP contribution in [0.5, 0.6) is 0 Å². The Morgan fingerprint density at radius 2 is 2.22 bits per heavy atom. The van der Waals surface area contributed by atoms with E-state index in [-0.39, 0.29) is 5.91 Å². The maximum atomic E-state index is 12.5. The first-order chi connectivity index (χ1) is 11.0. The summed E-state index contributed by atoms with van der Waals surface area (Å²) < 4.78 is 1.70. The van der Waals surface area contributed by atoms with Gasteiger partial charge in [-0.05, 0) is 49.9 Å². The van der Waals surface area contributed by atoms with Crippen molar-refractivity contribution in [3.05, 3.63) is 46.7 Å². The SMILES string of the molecule is Cc1cc(C(=O)N(C)CC(O)C2CC2)nn1-c1cccc(Cl)c1. The van der Waals surface area contributed by atoms with Gasteiger partial charge in [0.05, 0.1) is 11.8 Å². The van der Waals surface area contributed by atoms with Crippen molar-refractivity contribution < 1.29 is 9.90 Å². The third-order valence-corrected chi connectivity index (χ3v) is 4.37. The lowest BCUT2D eigenvalue weighted by atomic mass is 10.2. The molecular formula is C17H20ClN3O2. The van der Waals surface area contributed by atoms with Crippen LogP contribution in [0.1, 0.15) is 29.0 Å². The maximum Gasteiger partial charge on any atom is 0.274 e. The molecule has 23 heavy (non-hydrogen) atoms. The molecule has 1 N–H and O–H groups in total. The van der Waals surface area contributed by atoms with Gasteiger partial charge < -0.3 is 10.0 Å². The molecule has 3 rings (SSSR count). The summed E-state index contributed by atoms with van der Waals surface area (Å²) in [6.07, 6.45) is 1.65. The molecule has 2 aromatic rings. The van der Waals surface area contributed by atoms with Crippen LogP contribution in [0.3, 0.4) is 0 Å². The highest BCUT2D eigenvalue weighted by Gasteiger charge is 2.31. The smallest absolute Gasteiger partial charge is 0.274 e. The predicted octanol–water partition coefficient (Wildman–Crippen LogP) is 2.68. The summed E-state index contributed by atoms with van der Waals surface area (Å²) >= 11 is 6.02. The van der Waals surface area contributed by atoms with Gasteiger partial charge in [-0.1, -0.05) is 17.7 Å². The average Bonchev–Trinajstić information content (AvgIpc) is 3.29. The Balaban J connectivity index is 1.78.